The van der Waals surface area contributed by atoms with E-state index in [0.29, 0.717) is 31.6 Å². The van der Waals surface area contributed by atoms with Crippen LogP contribution in [-0.4, -0.2) is 52.6 Å². The number of fused-ring (bicyclic) bond motifs is 1. The molecule has 0 radical (unpaired) electrons. The number of piperidine rings is 1. The number of nitrogens with one attached hydrogen (secondary N) is 2. The molecule has 0 saturated carbocycles. The van der Waals surface area contributed by atoms with Gasteiger partial charge in [0.15, 0.2) is 0 Å². The van der Waals surface area contributed by atoms with Crippen LogP contribution in [0.4, 0.5) is 0 Å². The number of nitrogens with zero attached hydrogens (tertiary/aromatic N) is 2. The molecule has 1 fully saturated rings. The summed E-state index contributed by atoms with van der Waals surface area (Å²) in [4.78, 5) is 37.4. The summed E-state index contributed by atoms with van der Waals surface area (Å²) < 4.78 is 0. The fourth-order valence-electron chi connectivity index (χ4n) is 5.26. The van der Waals surface area contributed by atoms with Crippen LogP contribution in [0.2, 0.25) is 0 Å². The third kappa shape index (κ3) is 5.94. The van der Waals surface area contributed by atoms with Gasteiger partial charge in [-0.1, -0.05) is 30.3 Å². The van der Waals surface area contributed by atoms with Crippen LogP contribution in [0, 0.1) is 6.92 Å². The van der Waals surface area contributed by atoms with E-state index in [9.17, 15) is 9.59 Å². The Balaban J connectivity index is 1.19. The molecular formula is C31H34N4O2S. The normalized spacial score (nSPS) is 14.1. The van der Waals surface area contributed by atoms with Gasteiger partial charge in [0.1, 0.15) is 0 Å². The Hall–Kier alpha value is -3.58. The van der Waals surface area contributed by atoms with E-state index in [1.807, 2.05) is 60.7 Å². The summed E-state index contributed by atoms with van der Waals surface area (Å²) in [5.74, 6) is 0.238. The number of carbonyl (C=O) groups excluding carboxylic acids is 2. The van der Waals surface area contributed by atoms with Gasteiger partial charge in [0, 0.05) is 53.2 Å². The molecule has 0 bridgehead atoms. The second kappa shape index (κ2) is 11.9. The molecule has 2 N–H and O–H groups in total. The number of hydrogen-bond donors (Lipinski definition) is 2. The third-order valence-electron chi connectivity index (χ3n) is 7.41. The highest BCUT2D eigenvalue weighted by Crippen LogP contribution is 2.30. The van der Waals surface area contributed by atoms with Gasteiger partial charge in [-0.05, 0) is 73.9 Å². The molecule has 0 spiro atoms. The second-order valence-electron chi connectivity index (χ2n) is 9.93. The summed E-state index contributed by atoms with van der Waals surface area (Å²) in [5, 5.41) is 4.30. The summed E-state index contributed by atoms with van der Waals surface area (Å²) in [5.41, 5.74) is 5.75. The maximum absolute atomic E-state index is 13.2. The van der Waals surface area contributed by atoms with E-state index in [2.05, 4.69) is 34.6 Å². The Morgan fingerprint density at radius 1 is 1.05 bits per heavy atom. The van der Waals surface area contributed by atoms with Gasteiger partial charge in [-0.2, -0.15) is 0 Å². The molecule has 5 rings (SSSR count). The Morgan fingerprint density at radius 3 is 2.58 bits per heavy atom. The van der Waals surface area contributed by atoms with Crippen molar-refractivity contribution in [1.82, 2.24) is 20.2 Å². The van der Waals surface area contributed by atoms with Crippen molar-refractivity contribution in [1.29, 1.82) is 0 Å². The summed E-state index contributed by atoms with van der Waals surface area (Å²) in [6.45, 7) is 3.88. The molecular weight excluding hydrogens is 492 g/mol. The van der Waals surface area contributed by atoms with Gasteiger partial charge in [0.05, 0.1) is 17.7 Å². The zero-order valence-electron chi connectivity index (χ0n) is 22.0. The van der Waals surface area contributed by atoms with E-state index in [0.717, 1.165) is 41.7 Å². The van der Waals surface area contributed by atoms with Crippen molar-refractivity contribution in [3.63, 3.8) is 0 Å². The van der Waals surface area contributed by atoms with Gasteiger partial charge < -0.3 is 15.2 Å². The highest BCUT2D eigenvalue weighted by molar-refractivity contribution is 7.98. The number of aromatic nitrogens is 2. The van der Waals surface area contributed by atoms with Crippen LogP contribution in [0.1, 0.15) is 51.6 Å². The van der Waals surface area contributed by atoms with Crippen LogP contribution < -0.4 is 5.32 Å². The number of amides is 2. The SMILES string of the molecule is CSc1ccc(CC(=O)N2CCC(c3nc(C)ccc3C(=O)NCCc3c[nH]c4ccccc34)CC2)cc1. The lowest BCUT2D eigenvalue weighted by Crippen LogP contribution is -2.39. The van der Waals surface area contributed by atoms with Crippen LogP contribution in [0.3, 0.4) is 0 Å². The minimum Gasteiger partial charge on any atom is -0.361 e. The molecule has 1 saturated heterocycles. The van der Waals surface area contributed by atoms with Crippen molar-refractivity contribution in [3.05, 3.63) is 94.9 Å². The van der Waals surface area contributed by atoms with Crippen LogP contribution >= 0.6 is 11.8 Å². The molecule has 0 atom stereocenters. The molecule has 7 heteroatoms. The molecule has 196 valence electrons. The molecule has 0 unspecified atom stereocenters. The highest BCUT2D eigenvalue weighted by Gasteiger charge is 2.28. The number of benzene rings is 2. The van der Waals surface area contributed by atoms with Crippen molar-refractivity contribution in [2.24, 2.45) is 0 Å². The molecule has 2 aromatic carbocycles. The van der Waals surface area contributed by atoms with Crippen molar-refractivity contribution in [2.75, 3.05) is 25.9 Å². The van der Waals surface area contributed by atoms with Crippen molar-refractivity contribution in [2.45, 2.75) is 43.4 Å². The van der Waals surface area contributed by atoms with Gasteiger partial charge >= 0.3 is 0 Å². The number of pyridine rings is 1. The number of rotatable bonds is 8. The van der Waals surface area contributed by atoms with Gasteiger partial charge in [-0.25, -0.2) is 0 Å². The Morgan fingerprint density at radius 2 is 1.82 bits per heavy atom. The first kappa shape index (κ1) is 26.0. The standard InChI is InChI=1S/C31H34N4O2S/c1-21-7-12-27(31(37)32-16-13-24-20-33-28-6-4-3-5-26(24)28)30(34-21)23-14-17-35(18-15-23)29(36)19-22-8-10-25(38-2)11-9-22/h3-12,20,23,33H,13-19H2,1-2H3,(H,32,37). The summed E-state index contributed by atoms with van der Waals surface area (Å²) >= 11 is 1.70. The molecule has 1 aliphatic rings. The average molecular weight is 527 g/mol. The molecule has 6 nitrogen and oxygen atoms in total. The predicted octanol–water partition coefficient (Wildman–Crippen LogP) is 5.51. The molecule has 0 aliphatic carbocycles. The van der Waals surface area contributed by atoms with E-state index in [4.69, 9.17) is 4.98 Å². The van der Waals surface area contributed by atoms with E-state index in [-0.39, 0.29) is 17.7 Å². The lowest BCUT2D eigenvalue weighted by atomic mass is 9.89. The van der Waals surface area contributed by atoms with Crippen molar-refractivity contribution in [3.8, 4) is 0 Å². The predicted molar refractivity (Wildman–Crippen MR) is 154 cm³/mol. The molecule has 38 heavy (non-hydrogen) atoms. The Bertz CT molecular complexity index is 1420. The maximum Gasteiger partial charge on any atom is 0.253 e. The largest absolute Gasteiger partial charge is 0.361 e. The lowest BCUT2D eigenvalue weighted by Gasteiger charge is -2.32. The van der Waals surface area contributed by atoms with Crippen molar-refractivity contribution >= 4 is 34.5 Å². The average Bonchev–Trinajstić information content (AvgIpc) is 3.36. The van der Waals surface area contributed by atoms with E-state index in [1.54, 1.807) is 11.8 Å². The maximum atomic E-state index is 13.2. The van der Waals surface area contributed by atoms with E-state index in [1.165, 1.54) is 15.8 Å². The zero-order chi connectivity index (χ0) is 26.5. The fraction of sp³-hybridized carbons (Fsp3) is 0.323. The minimum atomic E-state index is -0.0838. The smallest absolute Gasteiger partial charge is 0.253 e. The zero-order valence-corrected chi connectivity index (χ0v) is 22.8. The Labute approximate surface area is 228 Å². The number of aromatic amines is 1. The van der Waals surface area contributed by atoms with Crippen LogP contribution in [0.15, 0.2) is 71.8 Å². The number of H-pyrrole nitrogens is 1. The molecule has 1 aliphatic heterocycles. The van der Waals surface area contributed by atoms with Gasteiger partial charge in [-0.3, -0.25) is 14.6 Å². The molecule has 2 aromatic heterocycles. The van der Waals surface area contributed by atoms with Crippen LogP contribution in [0.25, 0.3) is 10.9 Å². The van der Waals surface area contributed by atoms with Gasteiger partial charge in [-0.15, -0.1) is 11.8 Å². The first-order valence-electron chi connectivity index (χ1n) is 13.2. The van der Waals surface area contributed by atoms with E-state index < -0.39 is 0 Å². The first-order valence-corrected chi connectivity index (χ1v) is 14.5. The fourth-order valence-corrected chi connectivity index (χ4v) is 5.66. The van der Waals surface area contributed by atoms with E-state index >= 15 is 0 Å². The second-order valence-corrected chi connectivity index (χ2v) is 10.8. The Kier molecular flexibility index (Phi) is 8.13. The molecule has 3 heterocycles. The third-order valence-corrected chi connectivity index (χ3v) is 8.16. The number of carbonyl (C=O) groups is 2. The summed E-state index contributed by atoms with van der Waals surface area (Å²) in [7, 11) is 0. The number of thioether (sulfide) groups is 1. The number of para-hydroxylation sites is 1. The number of aryl methyl sites for hydroxylation is 1. The number of likely N-dealkylation sites (tertiary alicyclic amines) is 1. The van der Waals surface area contributed by atoms with Crippen molar-refractivity contribution < 1.29 is 9.59 Å². The molecule has 2 amide bonds. The lowest BCUT2D eigenvalue weighted by molar-refractivity contribution is -0.131. The quantitative estimate of drug-likeness (QED) is 0.297. The summed E-state index contributed by atoms with van der Waals surface area (Å²) in [6, 6.07) is 20.2. The minimum absolute atomic E-state index is 0.0838. The topological polar surface area (TPSA) is 78.1 Å². The van der Waals surface area contributed by atoms with Gasteiger partial charge in [0.25, 0.3) is 5.91 Å². The first-order chi connectivity index (χ1) is 18.5. The van der Waals surface area contributed by atoms with Crippen LogP contribution in [0.5, 0.6) is 0 Å². The number of hydrogen-bond acceptors (Lipinski definition) is 4. The summed E-state index contributed by atoms with van der Waals surface area (Å²) in [6.07, 6.45) is 6.86. The highest BCUT2D eigenvalue weighted by atomic mass is 32.2. The monoisotopic (exact) mass is 526 g/mol. The van der Waals surface area contributed by atoms with Crippen LogP contribution in [-0.2, 0) is 17.6 Å². The van der Waals surface area contributed by atoms with Gasteiger partial charge in [0.2, 0.25) is 5.91 Å². The molecule has 4 aromatic rings.